The second-order valence-electron chi connectivity index (χ2n) is 3.79. The molecule has 1 heterocycles. The largest absolute Gasteiger partial charge is 0.466 e. The number of halogens is 2. The molecular weight excluding hydrogens is 313 g/mol. The van der Waals surface area contributed by atoms with Crippen LogP contribution in [0.3, 0.4) is 0 Å². The average molecular weight is 330 g/mol. The van der Waals surface area contributed by atoms with Crippen molar-refractivity contribution in [2.24, 2.45) is 0 Å². The molecule has 0 bridgehead atoms. The van der Waals surface area contributed by atoms with Crippen molar-refractivity contribution in [3.05, 3.63) is 40.1 Å². The number of benzene rings is 1. The standard InChI is InChI=1S/C13H11Cl2NO3.C2H6/c1-2-18-13(17)7-9-6-12(16-19-9)8-3-4-10(14)11(15)5-8;1-2/h3-6H,2,7H2,1H3;1-2H3. The van der Waals surface area contributed by atoms with Gasteiger partial charge in [0.1, 0.15) is 17.9 Å². The Kier molecular flexibility index (Phi) is 7.26. The lowest BCUT2D eigenvalue weighted by Crippen LogP contribution is -2.06. The molecule has 0 aliphatic rings. The molecule has 0 fully saturated rings. The van der Waals surface area contributed by atoms with Gasteiger partial charge in [0.25, 0.3) is 0 Å². The fourth-order valence-electron chi connectivity index (χ4n) is 1.54. The third-order valence-electron chi connectivity index (χ3n) is 2.40. The zero-order valence-corrected chi connectivity index (χ0v) is 13.7. The molecule has 2 rings (SSSR count). The molecule has 6 heteroatoms. The summed E-state index contributed by atoms with van der Waals surface area (Å²) in [5, 5.41) is 4.80. The van der Waals surface area contributed by atoms with E-state index < -0.39 is 0 Å². The van der Waals surface area contributed by atoms with Crippen molar-refractivity contribution in [2.45, 2.75) is 27.2 Å². The quantitative estimate of drug-likeness (QED) is 0.757. The molecular formula is C15H17Cl2NO3. The first-order valence-corrected chi connectivity index (χ1v) is 7.42. The predicted octanol–water partition coefficient (Wildman–Crippen LogP) is 4.78. The lowest BCUT2D eigenvalue weighted by Gasteiger charge is -1.98. The first-order chi connectivity index (χ1) is 10.1. The minimum Gasteiger partial charge on any atom is -0.466 e. The van der Waals surface area contributed by atoms with Gasteiger partial charge >= 0.3 is 5.97 Å². The molecule has 0 radical (unpaired) electrons. The Morgan fingerprint density at radius 1 is 1.24 bits per heavy atom. The van der Waals surface area contributed by atoms with Crippen LogP contribution in [-0.2, 0) is 16.0 Å². The lowest BCUT2D eigenvalue weighted by atomic mass is 10.1. The number of rotatable bonds is 4. The van der Waals surface area contributed by atoms with Crippen molar-refractivity contribution in [1.82, 2.24) is 5.16 Å². The summed E-state index contributed by atoms with van der Waals surface area (Å²) < 4.78 is 9.91. The summed E-state index contributed by atoms with van der Waals surface area (Å²) in [6, 6.07) is 6.82. The Balaban J connectivity index is 0.00000106. The number of esters is 1. The molecule has 0 amide bonds. The molecule has 114 valence electrons. The number of aromatic nitrogens is 1. The van der Waals surface area contributed by atoms with Gasteiger partial charge in [-0.2, -0.15) is 0 Å². The van der Waals surface area contributed by atoms with E-state index in [1.54, 1.807) is 31.2 Å². The predicted molar refractivity (Wildman–Crippen MR) is 83.6 cm³/mol. The molecule has 0 unspecified atom stereocenters. The van der Waals surface area contributed by atoms with E-state index in [1.807, 2.05) is 13.8 Å². The topological polar surface area (TPSA) is 52.3 Å². The van der Waals surface area contributed by atoms with Crippen LogP contribution in [-0.4, -0.2) is 17.7 Å². The van der Waals surface area contributed by atoms with E-state index in [2.05, 4.69) is 5.16 Å². The minimum atomic E-state index is -0.348. The Bertz CT molecular complexity index is 596. The average Bonchev–Trinajstić information content (AvgIpc) is 2.93. The van der Waals surface area contributed by atoms with Crippen LogP contribution in [0.4, 0.5) is 0 Å². The van der Waals surface area contributed by atoms with Gasteiger partial charge in [-0.25, -0.2) is 0 Å². The van der Waals surface area contributed by atoms with Crippen molar-refractivity contribution in [3.8, 4) is 11.3 Å². The van der Waals surface area contributed by atoms with Crippen molar-refractivity contribution in [2.75, 3.05) is 6.61 Å². The fourth-order valence-corrected chi connectivity index (χ4v) is 1.84. The Labute approximate surface area is 134 Å². The maximum atomic E-state index is 11.3. The van der Waals surface area contributed by atoms with Crippen LogP contribution in [0.25, 0.3) is 11.3 Å². The maximum absolute atomic E-state index is 11.3. The van der Waals surface area contributed by atoms with Gasteiger partial charge in [0.15, 0.2) is 0 Å². The molecule has 21 heavy (non-hydrogen) atoms. The normalized spacial score (nSPS) is 9.76. The molecule has 4 nitrogen and oxygen atoms in total. The van der Waals surface area contributed by atoms with Crippen LogP contribution in [0.5, 0.6) is 0 Å². The van der Waals surface area contributed by atoms with Crippen molar-refractivity contribution in [1.29, 1.82) is 0 Å². The van der Waals surface area contributed by atoms with E-state index in [4.69, 9.17) is 32.5 Å². The Hall–Kier alpha value is -1.52. The summed E-state index contributed by atoms with van der Waals surface area (Å²) in [5.41, 5.74) is 1.37. The Morgan fingerprint density at radius 3 is 2.57 bits per heavy atom. The molecule has 0 saturated heterocycles. The van der Waals surface area contributed by atoms with Gasteiger partial charge in [-0.05, 0) is 19.1 Å². The number of nitrogens with zero attached hydrogens (tertiary/aromatic N) is 1. The van der Waals surface area contributed by atoms with E-state index in [0.717, 1.165) is 5.56 Å². The van der Waals surface area contributed by atoms with Crippen molar-refractivity contribution >= 4 is 29.2 Å². The highest BCUT2D eigenvalue weighted by molar-refractivity contribution is 6.42. The van der Waals surface area contributed by atoms with Crippen LogP contribution in [0.1, 0.15) is 26.5 Å². The molecule has 2 aromatic rings. The summed E-state index contributed by atoms with van der Waals surface area (Å²) in [6.07, 6.45) is 0.0577. The summed E-state index contributed by atoms with van der Waals surface area (Å²) >= 11 is 11.8. The highest BCUT2D eigenvalue weighted by atomic mass is 35.5. The van der Waals surface area contributed by atoms with Gasteiger partial charge in [-0.1, -0.05) is 48.3 Å². The third-order valence-corrected chi connectivity index (χ3v) is 3.14. The van der Waals surface area contributed by atoms with Crippen molar-refractivity contribution in [3.63, 3.8) is 0 Å². The van der Waals surface area contributed by atoms with E-state index in [1.165, 1.54) is 0 Å². The molecule has 0 aliphatic heterocycles. The van der Waals surface area contributed by atoms with Gasteiger partial charge in [-0.15, -0.1) is 0 Å². The van der Waals surface area contributed by atoms with Crippen molar-refractivity contribution < 1.29 is 14.1 Å². The zero-order chi connectivity index (χ0) is 15.8. The van der Waals surface area contributed by atoms with Crippen LogP contribution in [0, 0.1) is 0 Å². The van der Waals surface area contributed by atoms with Crippen LogP contribution in [0.2, 0.25) is 10.0 Å². The smallest absolute Gasteiger partial charge is 0.313 e. The second-order valence-corrected chi connectivity index (χ2v) is 4.60. The summed E-state index contributed by atoms with van der Waals surface area (Å²) in [4.78, 5) is 11.3. The molecule has 1 aromatic carbocycles. The second kappa shape index (κ2) is 8.70. The number of hydrogen-bond donors (Lipinski definition) is 0. The van der Waals surface area contributed by atoms with E-state index >= 15 is 0 Å². The Morgan fingerprint density at radius 2 is 1.95 bits per heavy atom. The van der Waals surface area contributed by atoms with E-state index in [9.17, 15) is 4.79 Å². The molecule has 0 spiro atoms. The summed E-state index contributed by atoms with van der Waals surface area (Å²) in [7, 11) is 0. The van der Waals surface area contributed by atoms with Gasteiger partial charge in [0.2, 0.25) is 0 Å². The van der Waals surface area contributed by atoms with Gasteiger partial charge in [-0.3, -0.25) is 4.79 Å². The third kappa shape index (κ3) is 5.06. The van der Waals surface area contributed by atoms with E-state index in [-0.39, 0.29) is 12.4 Å². The first-order valence-electron chi connectivity index (χ1n) is 6.66. The first kappa shape index (κ1) is 17.5. The maximum Gasteiger partial charge on any atom is 0.313 e. The zero-order valence-electron chi connectivity index (χ0n) is 12.2. The number of carbonyl (C=O) groups excluding carboxylic acids is 1. The van der Waals surface area contributed by atoms with E-state index in [0.29, 0.717) is 28.1 Å². The molecule has 0 atom stereocenters. The van der Waals surface area contributed by atoms with Gasteiger partial charge in [0, 0.05) is 11.6 Å². The lowest BCUT2D eigenvalue weighted by molar-refractivity contribution is -0.142. The molecule has 1 aromatic heterocycles. The van der Waals surface area contributed by atoms with Crippen LogP contribution in [0.15, 0.2) is 28.8 Å². The van der Waals surface area contributed by atoms with Gasteiger partial charge in [0.05, 0.1) is 16.7 Å². The highest BCUT2D eigenvalue weighted by Gasteiger charge is 2.12. The number of ether oxygens (including phenoxy) is 1. The molecule has 0 saturated carbocycles. The van der Waals surface area contributed by atoms with Gasteiger partial charge < -0.3 is 9.26 Å². The monoisotopic (exact) mass is 329 g/mol. The number of hydrogen-bond acceptors (Lipinski definition) is 4. The minimum absolute atomic E-state index is 0.0577. The molecule has 0 N–H and O–H groups in total. The fraction of sp³-hybridized carbons (Fsp3) is 0.333. The SMILES string of the molecule is CC.CCOC(=O)Cc1cc(-c2ccc(Cl)c(Cl)c2)no1. The summed E-state index contributed by atoms with van der Waals surface area (Å²) in [5.74, 6) is 0.0962. The molecule has 0 aliphatic carbocycles. The highest BCUT2D eigenvalue weighted by Crippen LogP contribution is 2.28. The summed E-state index contributed by atoms with van der Waals surface area (Å²) in [6.45, 7) is 6.09. The van der Waals surface area contributed by atoms with Crippen LogP contribution < -0.4 is 0 Å². The number of carbonyl (C=O) groups is 1. The van der Waals surface area contributed by atoms with Crippen LogP contribution >= 0.6 is 23.2 Å².